The number of halogens is 3. The molecule has 0 radical (unpaired) electrons. The molecule has 82 valence electrons. The Kier molecular flexibility index (Phi) is 3.39. The number of alkyl halides is 3. The van der Waals surface area contributed by atoms with E-state index in [0.29, 0.717) is 0 Å². The number of nitrogens with one attached hydrogen (secondary N) is 1. The third-order valence-electron chi connectivity index (χ3n) is 2.72. The molecule has 0 aromatic carbocycles. The zero-order chi connectivity index (χ0) is 10.8. The zero-order valence-electron chi connectivity index (χ0n) is 8.03. The van der Waals surface area contributed by atoms with Crippen molar-refractivity contribution in [2.24, 2.45) is 5.92 Å². The second-order valence-electron chi connectivity index (χ2n) is 3.80. The van der Waals surface area contributed by atoms with Gasteiger partial charge in [0.15, 0.2) is 0 Å². The molecule has 2 nitrogen and oxygen atoms in total. The first-order chi connectivity index (χ1) is 6.41. The van der Waals surface area contributed by atoms with Gasteiger partial charge in [-0.25, -0.2) is 0 Å². The third-order valence-corrected chi connectivity index (χ3v) is 2.72. The largest absolute Gasteiger partial charge is 0.471 e. The standard InChI is InChI=1S/C9H14F3NO/c1-6(7-4-2-3-5-7)13-8(14)9(10,11)12/h6-7H,2-5H2,1H3,(H,13,14)/t6-/m1/s1. The molecule has 0 aromatic heterocycles. The van der Waals surface area contributed by atoms with Gasteiger partial charge in [0.25, 0.3) is 0 Å². The maximum absolute atomic E-state index is 11.9. The van der Waals surface area contributed by atoms with E-state index in [1.54, 1.807) is 6.92 Å². The second kappa shape index (κ2) is 4.19. The Morgan fingerprint density at radius 3 is 2.29 bits per heavy atom. The van der Waals surface area contributed by atoms with Crippen molar-refractivity contribution in [2.45, 2.75) is 44.8 Å². The third kappa shape index (κ3) is 2.89. The summed E-state index contributed by atoms with van der Waals surface area (Å²) in [6.45, 7) is 1.64. The van der Waals surface area contributed by atoms with Crippen LogP contribution in [-0.4, -0.2) is 18.1 Å². The van der Waals surface area contributed by atoms with Crippen LogP contribution < -0.4 is 5.32 Å². The molecule has 5 heteroatoms. The Bertz CT molecular complexity index is 209. The Morgan fingerprint density at radius 1 is 1.36 bits per heavy atom. The van der Waals surface area contributed by atoms with Crippen molar-refractivity contribution in [3.8, 4) is 0 Å². The number of carbonyl (C=O) groups is 1. The van der Waals surface area contributed by atoms with Crippen LogP contribution in [0.1, 0.15) is 32.6 Å². The fraction of sp³-hybridized carbons (Fsp3) is 0.889. The van der Waals surface area contributed by atoms with Crippen LogP contribution >= 0.6 is 0 Å². The van der Waals surface area contributed by atoms with Crippen molar-refractivity contribution in [1.29, 1.82) is 0 Å². The van der Waals surface area contributed by atoms with Crippen molar-refractivity contribution in [1.82, 2.24) is 5.32 Å². The highest BCUT2D eigenvalue weighted by atomic mass is 19.4. The summed E-state index contributed by atoms with van der Waals surface area (Å²) in [5.41, 5.74) is 0. The highest BCUT2D eigenvalue weighted by Crippen LogP contribution is 2.28. The molecule has 1 amide bonds. The van der Waals surface area contributed by atoms with E-state index in [-0.39, 0.29) is 12.0 Å². The summed E-state index contributed by atoms with van der Waals surface area (Å²) in [5, 5.41) is 2.00. The Hall–Kier alpha value is -0.740. The molecule has 0 aromatic rings. The minimum absolute atomic E-state index is 0.210. The van der Waals surface area contributed by atoms with Crippen molar-refractivity contribution < 1.29 is 18.0 Å². The number of hydrogen-bond acceptors (Lipinski definition) is 1. The molecule has 1 aliphatic carbocycles. The fourth-order valence-electron chi connectivity index (χ4n) is 1.86. The van der Waals surface area contributed by atoms with Gasteiger partial charge in [-0.2, -0.15) is 13.2 Å². The minimum atomic E-state index is -4.76. The Morgan fingerprint density at radius 2 is 1.86 bits per heavy atom. The van der Waals surface area contributed by atoms with E-state index >= 15 is 0 Å². The van der Waals surface area contributed by atoms with Crippen LogP contribution in [0.2, 0.25) is 0 Å². The van der Waals surface area contributed by atoms with Gasteiger partial charge in [0.1, 0.15) is 0 Å². The molecule has 0 aliphatic heterocycles. The van der Waals surface area contributed by atoms with E-state index in [0.717, 1.165) is 25.7 Å². The fourth-order valence-corrected chi connectivity index (χ4v) is 1.86. The monoisotopic (exact) mass is 209 g/mol. The maximum atomic E-state index is 11.9. The summed E-state index contributed by atoms with van der Waals surface area (Å²) >= 11 is 0. The molecule has 0 bridgehead atoms. The van der Waals surface area contributed by atoms with E-state index in [1.165, 1.54) is 0 Å². The van der Waals surface area contributed by atoms with Gasteiger partial charge in [0.05, 0.1) is 0 Å². The molecule has 1 fully saturated rings. The predicted octanol–water partition coefficient (Wildman–Crippen LogP) is 2.24. The van der Waals surface area contributed by atoms with Crippen LogP contribution in [0, 0.1) is 5.92 Å². The lowest BCUT2D eigenvalue weighted by Crippen LogP contribution is -2.44. The Labute approximate surface area is 80.9 Å². The molecule has 1 atom stereocenters. The van der Waals surface area contributed by atoms with Gasteiger partial charge in [-0.1, -0.05) is 12.8 Å². The summed E-state index contributed by atoms with van der Waals surface area (Å²) < 4.78 is 35.7. The van der Waals surface area contributed by atoms with Crippen molar-refractivity contribution >= 4 is 5.91 Å². The van der Waals surface area contributed by atoms with Gasteiger partial charge >= 0.3 is 12.1 Å². The highest BCUT2D eigenvalue weighted by molar-refractivity contribution is 5.81. The van der Waals surface area contributed by atoms with Gasteiger partial charge in [-0.05, 0) is 25.7 Å². The molecule has 0 unspecified atom stereocenters. The zero-order valence-corrected chi connectivity index (χ0v) is 8.03. The summed E-state index contributed by atoms with van der Waals surface area (Å²) in [6, 6.07) is -0.369. The summed E-state index contributed by atoms with van der Waals surface area (Å²) in [5.74, 6) is -1.61. The number of carbonyl (C=O) groups excluding carboxylic acids is 1. The van der Waals surface area contributed by atoms with Crippen LogP contribution in [0.4, 0.5) is 13.2 Å². The van der Waals surface area contributed by atoms with Crippen LogP contribution in [-0.2, 0) is 4.79 Å². The quantitative estimate of drug-likeness (QED) is 0.742. The molecule has 0 heterocycles. The Balaban J connectivity index is 2.39. The average molecular weight is 209 g/mol. The molecule has 0 spiro atoms. The topological polar surface area (TPSA) is 29.1 Å². The molecule has 0 saturated heterocycles. The molecule has 14 heavy (non-hydrogen) atoms. The number of amides is 1. The normalized spacial score (nSPS) is 20.9. The first kappa shape index (κ1) is 11.3. The smallest absolute Gasteiger partial charge is 0.346 e. The lowest BCUT2D eigenvalue weighted by Gasteiger charge is -2.20. The average Bonchev–Trinajstić information content (AvgIpc) is 2.53. The van der Waals surface area contributed by atoms with Crippen molar-refractivity contribution in [3.63, 3.8) is 0 Å². The molecule has 1 saturated carbocycles. The highest BCUT2D eigenvalue weighted by Gasteiger charge is 2.40. The predicted molar refractivity (Wildman–Crippen MR) is 45.6 cm³/mol. The van der Waals surface area contributed by atoms with Crippen LogP contribution in [0.3, 0.4) is 0 Å². The van der Waals surface area contributed by atoms with Gasteiger partial charge in [0, 0.05) is 6.04 Å². The summed E-state index contributed by atoms with van der Waals surface area (Å²) in [4.78, 5) is 10.6. The van der Waals surface area contributed by atoms with Crippen molar-refractivity contribution in [2.75, 3.05) is 0 Å². The van der Waals surface area contributed by atoms with Crippen LogP contribution in [0.15, 0.2) is 0 Å². The summed E-state index contributed by atoms with van der Waals surface area (Å²) in [6.07, 6.45) is -0.820. The lowest BCUT2D eigenvalue weighted by molar-refractivity contribution is -0.174. The van der Waals surface area contributed by atoms with E-state index in [1.807, 2.05) is 5.32 Å². The van der Waals surface area contributed by atoms with E-state index < -0.39 is 12.1 Å². The van der Waals surface area contributed by atoms with Crippen LogP contribution in [0.25, 0.3) is 0 Å². The first-order valence-corrected chi connectivity index (χ1v) is 4.79. The first-order valence-electron chi connectivity index (χ1n) is 4.79. The van der Waals surface area contributed by atoms with Gasteiger partial charge in [-0.3, -0.25) is 4.79 Å². The van der Waals surface area contributed by atoms with Crippen molar-refractivity contribution in [3.05, 3.63) is 0 Å². The molecule has 1 rings (SSSR count). The molecule has 1 N–H and O–H groups in total. The van der Waals surface area contributed by atoms with E-state index in [2.05, 4.69) is 0 Å². The SMILES string of the molecule is C[C@@H](NC(=O)C(F)(F)F)C1CCCC1. The maximum Gasteiger partial charge on any atom is 0.471 e. The number of rotatable bonds is 2. The van der Waals surface area contributed by atoms with Crippen LogP contribution in [0.5, 0.6) is 0 Å². The van der Waals surface area contributed by atoms with E-state index in [4.69, 9.17) is 0 Å². The van der Waals surface area contributed by atoms with Gasteiger partial charge in [0.2, 0.25) is 0 Å². The molecular formula is C9H14F3NO. The minimum Gasteiger partial charge on any atom is -0.346 e. The molecule has 1 aliphatic rings. The van der Waals surface area contributed by atoms with Gasteiger partial charge < -0.3 is 5.32 Å². The van der Waals surface area contributed by atoms with E-state index in [9.17, 15) is 18.0 Å². The number of hydrogen-bond donors (Lipinski definition) is 1. The summed E-state index contributed by atoms with van der Waals surface area (Å²) in [7, 11) is 0. The lowest BCUT2D eigenvalue weighted by atomic mass is 10.00. The molecular weight excluding hydrogens is 195 g/mol. The van der Waals surface area contributed by atoms with Gasteiger partial charge in [-0.15, -0.1) is 0 Å². The second-order valence-corrected chi connectivity index (χ2v) is 3.80.